The average Bonchev–Trinajstić information content (AvgIpc) is 2.73. The van der Waals surface area contributed by atoms with Gasteiger partial charge in [-0.1, -0.05) is 12.1 Å². The molecule has 1 amide bonds. The van der Waals surface area contributed by atoms with Gasteiger partial charge in [-0.3, -0.25) is 4.79 Å². The van der Waals surface area contributed by atoms with E-state index in [1.165, 1.54) is 28.6 Å². The first-order valence-electron chi connectivity index (χ1n) is 9.51. The Morgan fingerprint density at radius 1 is 0.968 bits per heavy atom. The lowest BCUT2D eigenvalue weighted by atomic mass is 10.1. The van der Waals surface area contributed by atoms with Crippen molar-refractivity contribution in [1.29, 1.82) is 0 Å². The van der Waals surface area contributed by atoms with E-state index in [0.29, 0.717) is 13.1 Å². The van der Waals surface area contributed by atoms with Crippen LogP contribution in [-0.4, -0.2) is 57.1 Å². The lowest BCUT2D eigenvalue weighted by Gasteiger charge is -2.35. The topological polar surface area (TPSA) is 69.7 Å². The molecule has 0 saturated carbocycles. The summed E-state index contributed by atoms with van der Waals surface area (Å²) < 4.78 is 78.5. The van der Waals surface area contributed by atoms with Crippen molar-refractivity contribution in [1.82, 2.24) is 9.62 Å². The molecule has 2 aromatic carbocycles. The summed E-state index contributed by atoms with van der Waals surface area (Å²) in [6.07, 6.45) is -4.69. The number of nitrogens with zero attached hydrogens (tertiary/aromatic N) is 2. The number of halogens is 4. The molecule has 11 heteroatoms. The van der Waals surface area contributed by atoms with Gasteiger partial charge < -0.3 is 10.2 Å². The zero-order chi connectivity index (χ0) is 22.6. The fourth-order valence-electron chi connectivity index (χ4n) is 3.32. The van der Waals surface area contributed by atoms with Gasteiger partial charge >= 0.3 is 6.18 Å². The molecule has 6 nitrogen and oxygen atoms in total. The van der Waals surface area contributed by atoms with Gasteiger partial charge in [0.2, 0.25) is 10.0 Å². The summed E-state index contributed by atoms with van der Waals surface area (Å²) in [5, 5.41) is 2.26. The summed E-state index contributed by atoms with van der Waals surface area (Å²) in [5.74, 6) is -1.77. The molecular formula is C20H21F4N3O3S. The second kappa shape index (κ2) is 9.23. The number of amides is 1. The third-order valence-electron chi connectivity index (χ3n) is 4.95. The fraction of sp³-hybridized carbons (Fsp3) is 0.350. The van der Waals surface area contributed by atoms with Crippen molar-refractivity contribution in [2.75, 3.05) is 43.4 Å². The van der Waals surface area contributed by atoms with Gasteiger partial charge in [-0.15, -0.1) is 0 Å². The van der Waals surface area contributed by atoms with Crippen LogP contribution in [0, 0.1) is 5.82 Å². The number of benzene rings is 2. The number of carbonyl (C=O) groups excluding carboxylic acids is 1. The highest BCUT2D eigenvalue weighted by molar-refractivity contribution is 7.89. The van der Waals surface area contributed by atoms with Gasteiger partial charge in [-0.2, -0.15) is 17.5 Å². The van der Waals surface area contributed by atoms with E-state index in [2.05, 4.69) is 5.32 Å². The normalized spacial score (nSPS) is 15.7. The van der Waals surface area contributed by atoms with Crippen LogP contribution in [0.25, 0.3) is 0 Å². The highest BCUT2D eigenvalue weighted by atomic mass is 32.2. The fourth-order valence-corrected chi connectivity index (χ4v) is 4.66. The molecule has 0 radical (unpaired) electrons. The molecule has 1 N–H and O–H groups in total. The van der Waals surface area contributed by atoms with E-state index in [4.69, 9.17) is 0 Å². The Labute approximate surface area is 177 Å². The van der Waals surface area contributed by atoms with Gasteiger partial charge in [0.1, 0.15) is 5.82 Å². The minimum atomic E-state index is -4.69. The molecule has 1 fully saturated rings. The molecule has 0 aliphatic carbocycles. The van der Waals surface area contributed by atoms with Crippen LogP contribution in [0.2, 0.25) is 0 Å². The number of hydrogen-bond donors (Lipinski definition) is 1. The lowest BCUT2D eigenvalue weighted by Crippen LogP contribution is -2.50. The Bertz CT molecular complexity index is 1020. The summed E-state index contributed by atoms with van der Waals surface area (Å²) in [7, 11) is -3.70. The van der Waals surface area contributed by atoms with Crippen LogP contribution in [0.4, 0.5) is 23.2 Å². The minimum Gasteiger partial charge on any atom is -0.369 e. The molecule has 0 spiro atoms. The molecule has 1 saturated heterocycles. The summed E-state index contributed by atoms with van der Waals surface area (Å²) in [6.45, 7) is 0.938. The number of sulfonamides is 1. The van der Waals surface area contributed by atoms with E-state index < -0.39 is 39.0 Å². The quantitative estimate of drug-likeness (QED) is 0.675. The number of anilines is 1. The van der Waals surface area contributed by atoms with Crippen LogP contribution in [0.3, 0.4) is 0 Å². The molecule has 0 unspecified atom stereocenters. The highest BCUT2D eigenvalue weighted by Crippen LogP contribution is 2.31. The maximum Gasteiger partial charge on any atom is 0.417 e. The summed E-state index contributed by atoms with van der Waals surface area (Å²) in [6, 6.07) is 10.2. The summed E-state index contributed by atoms with van der Waals surface area (Å²) >= 11 is 0. The Kier molecular flexibility index (Phi) is 6.85. The maximum absolute atomic E-state index is 13.0. The smallest absolute Gasteiger partial charge is 0.369 e. The predicted octanol–water partition coefficient (Wildman–Crippen LogP) is 2.73. The first kappa shape index (κ1) is 23.0. The van der Waals surface area contributed by atoms with Crippen LogP contribution in [0.5, 0.6) is 0 Å². The zero-order valence-corrected chi connectivity index (χ0v) is 17.2. The third-order valence-corrected chi connectivity index (χ3v) is 6.82. The predicted molar refractivity (Wildman–Crippen MR) is 108 cm³/mol. The second-order valence-electron chi connectivity index (χ2n) is 6.98. The van der Waals surface area contributed by atoms with Gasteiger partial charge in [0.25, 0.3) is 5.91 Å². The maximum atomic E-state index is 13.0. The lowest BCUT2D eigenvalue weighted by molar-refractivity contribution is -0.137. The number of rotatable bonds is 6. The average molecular weight is 459 g/mol. The van der Waals surface area contributed by atoms with Gasteiger partial charge in [-0.25, -0.2) is 12.8 Å². The van der Waals surface area contributed by atoms with E-state index in [1.54, 1.807) is 12.1 Å². The zero-order valence-electron chi connectivity index (χ0n) is 16.4. The van der Waals surface area contributed by atoms with Crippen molar-refractivity contribution in [3.05, 3.63) is 65.5 Å². The van der Waals surface area contributed by atoms with Crippen LogP contribution in [0.15, 0.2) is 48.5 Å². The van der Waals surface area contributed by atoms with E-state index in [0.717, 1.165) is 17.8 Å². The number of alkyl halides is 3. The molecule has 0 atom stereocenters. The Balaban J connectivity index is 1.53. The van der Waals surface area contributed by atoms with Crippen LogP contribution >= 0.6 is 0 Å². The molecule has 3 rings (SSSR count). The number of piperazine rings is 1. The molecule has 1 aliphatic heterocycles. The molecule has 1 aliphatic rings. The van der Waals surface area contributed by atoms with Gasteiger partial charge in [0.15, 0.2) is 0 Å². The monoisotopic (exact) mass is 459 g/mol. The van der Waals surface area contributed by atoms with E-state index in [9.17, 15) is 30.8 Å². The van der Waals surface area contributed by atoms with Crippen molar-refractivity contribution in [3.63, 3.8) is 0 Å². The summed E-state index contributed by atoms with van der Waals surface area (Å²) in [4.78, 5) is 14.1. The standard InChI is InChI=1S/C20H21F4N3O3S/c21-15-5-7-16(8-6-15)26-10-12-27(13-11-26)31(29,30)14-9-25-19(28)17-3-1-2-4-18(17)20(22,23)24/h1-8H,9-14H2,(H,25,28). The van der Waals surface area contributed by atoms with Crippen molar-refractivity contribution in [2.24, 2.45) is 0 Å². The number of carbonyl (C=O) groups is 1. The van der Waals surface area contributed by atoms with Gasteiger partial charge in [-0.05, 0) is 36.4 Å². The van der Waals surface area contributed by atoms with Crippen molar-refractivity contribution in [2.45, 2.75) is 6.18 Å². The Morgan fingerprint density at radius 3 is 2.19 bits per heavy atom. The SMILES string of the molecule is O=C(NCCS(=O)(=O)N1CCN(c2ccc(F)cc2)CC1)c1ccccc1C(F)(F)F. The van der Waals surface area contributed by atoms with Gasteiger partial charge in [0, 0.05) is 38.4 Å². The molecule has 0 aromatic heterocycles. The third kappa shape index (κ3) is 5.73. The second-order valence-corrected chi connectivity index (χ2v) is 9.07. The van der Waals surface area contributed by atoms with Crippen molar-refractivity contribution < 1.29 is 30.8 Å². The molecule has 2 aromatic rings. The van der Waals surface area contributed by atoms with Crippen molar-refractivity contribution >= 4 is 21.6 Å². The minimum absolute atomic E-state index is 0.213. The van der Waals surface area contributed by atoms with E-state index in [1.807, 2.05) is 4.90 Å². The van der Waals surface area contributed by atoms with Crippen LogP contribution < -0.4 is 10.2 Å². The van der Waals surface area contributed by atoms with Gasteiger partial charge in [0.05, 0.1) is 16.9 Å². The number of nitrogens with one attached hydrogen (secondary N) is 1. The van der Waals surface area contributed by atoms with E-state index >= 15 is 0 Å². The van der Waals surface area contributed by atoms with E-state index in [-0.39, 0.29) is 25.5 Å². The summed E-state index contributed by atoms with van der Waals surface area (Å²) in [5.41, 5.74) is -0.846. The number of hydrogen-bond acceptors (Lipinski definition) is 4. The molecular weight excluding hydrogens is 438 g/mol. The molecule has 168 valence electrons. The Morgan fingerprint density at radius 2 is 1.58 bits per heavy atom. The largest absolute Gasteiger partial charge is 0.417 e. The first-order valence-corrected chi connectivity index (χ1v) is 11.1. The molecule has 0 bridgehead atoms. The highest BCUT2D eigenvalue weighted by Gasteiger charge is 2.35. The first-order chi connectivity index (χ1) is 14.6. The molecule has 1 heterocycles. The van der Waals surface area contributed by atoms with Crippen LogP contribution in [0.1, 0.15) is 15.9 Å². The van der Waals surface area contributed by atoms with Crippen LogP contribution in [-0.2, 0) is 16.2 Å². The Hall–Kier alpha value is -2.66. The van der Waals surface area contributed by atoms with Crippen molar-refractivity contribution in [3.8, 4) is 0 Å². The molecule has 31 heavy (non-hydrogen) atoms.